The van der Waals surface area contributed by atoms with Gasteiger partial charge >= 0.3 is 5.97 Å². The number of rotatable bonds is 6. The van der Waals surface area contributed by atoms with Crippen molar-refractivity contribution in [2.24, 2.45) is 5.73 Å². The van der Waals surface area contributed by atoms with Crippen molar-refractivity contribution >= 4 is 41.6 Å². The van der Waals surface area contributed by atoms with Crippen molar-refractivity contribution in [2.75, 3.05) is 6.54 Å². The van der Waals surface area contributed by atoms with Gasteiger partial charge in [0.1, 0.15) is 12.4 Å². The average molecular weight is 460 g/mol. The summed E-state index contributed by atoms with van der Waals surface area (Å²) < 4.78 is 24.2. The molecule has 0 saturated carbocycles. The summed E-state index contributed by atoms with van der Waals surface area (Å²) in [5.74, 6) is -0.865. The molecule has 0 unspecified atom stereocenters. The van der Waals surface area contributed by atoms with Crippen LogP contribution in [0.5, 0.6) is 11.6 Å². The van der Waals surface area contributed by atoms with Gasteiger partial charge in [0.05, 0.1) is 22.3 Å². The first-order valence-corrected chi connectivity index (χ1v) is 8.68. The smallest absolute Gasteiger partial charge is 0.320 e. The molecule has 0 spiro atoms. The molecule has 152 valence electrons. The van der Waals surface area contributed by atoms with Gasteiger partial charge in [-0.2, -0.15) is 0 Å². The van der Waals surface area contributed by atoms with Crippen molar-refractivity contribution in [3.63, 3.8) is 0 Å². The van der Waals surface area contributed by atoms with E-state index < -0.39 is 11.8 Å². The van der Waals surface area contributed by atoms with Crippen LogP contribution in [0.2, 0.25) is 10.0 Å². The van der Waals surface area contributed by atoms with E-state index in [1.165, 1.54) is 18.5 Å². The molecule has 11 heteroatoms. The standard InChI is InChI=1S/C18H13Cl2FN4O3.ClH/c19-10-5-15(21)18(24-8-10)28-12-1-2-13(14(20)6-12)17-23-4-3-11(25-17)9-27-16(26)7-22;/h1-6,8H,7,9,22H2;1H. The minimum Gasteiger partial charge on any atom is -0.458 e. The van der Waals surface area contributed by atoms with E-state index in [-0.39, 0.29) is 47.2 Å². The normalized spacial score (nSPS) is 10.2. The van der Waals surface area contributed by atoms with Gasteiger partial charge in [0.25, 0.3) is 5.88 Å². The summed E-state index contributed by atoms with van der Waals surface area (Å²) >= 11 is 12.0. The molecule has 1 aromatic carbocycles. The Labute approximate surface area is 181 Å². The van der Waals surface area contributed by atoms with Crippen LogP contribution in [-0.2, 0) is 16.1 Å². The Morgan fingerprint density at radius 3 is 2.66 bits per heavy atom. The summed E-state index contributed by atoms with van der Waals surface area (Å²) in [5, 5.41) is 0.440. The van der Waals surface area contributed by atoms with Crippen molar-refractivity contribution in [1.82, 2.24) is 15.0 Å². The van der Waals surface area contributed by atoms with Crippen LogP contribution in [0.3, 0.4) is 0 Å². The molecule has 3 rings (SSSR count). The largest absolute Gasteiger partial charge is 0.458 e. The highest BCUT2D eigenvalue weighted by atomic mass is 35.5. The second-order valence-electron chi connectivity index (χ2n) is 5.42. The first kappa shape index (κ1) is 22.8. The predicted molar refractivity (Wildman–Crippen MR) is 108 cm³/mol. The molecule has 0 bridgehead atoms. The number of benzene rings is 1. The highest BCUT2D eigenvalue weighted by molar-refractivity contribution is 6.33. The van der Waals surface area contributed by atoms with Gasteiger partial charge in [-0.1, -0.05) is 23.2 Å². The van der Waals surface area contributed by atoms with Gasteiger partial charge in [-0.3, -0.25) is 4.79 Å². The van der Waals surface area contributed by atoms with Crippen LogP contribution in [0.4, 0.5) is 4.39 Å². The number of hydrogen-bond donors (Lipinski definition) is 1. The molecule has 0 saturated heterocycles. The Bertz CT molecular complexity index is 1020. The molecular weight excluding hydrogens is 446 g/mol. The molecule has 7 nitrogen and oxygen atoms in total. The Morgan fingerprint density at radius 1 is 1.17 bits per heavy atom. The number of hydrogen-bond acceptors (Lipinski definition) is 7. The lowest BCUT2D eigenvalue weighted by Crippen LogP contribution is -2.16. The van der Waals surface area contributed by atoms with E-state index in [1.807, 2.05) is 0 Å². The minimum absolute atomic E-state index is 0. The predicted octanol–water partition coefficient (Wildman–Crippen LogP) is 4.20. The molecule has 29 heavy (non-hydrogen) atoms. The number of carbonyl (C=O) groups excluding carboxylic acids is 1. The molecule has 2 heterocycles. The third kappa shape index (κ3) is 5.98. The van der Waals surface area contributed by atoms with Gasteiger partial charge in [0, 0.05) is 24.0 Å². The van der Waals surface area contributed by atoms with Gasteiger partial charge in [-0.15, -0.1) is 12.4 Å². The molecule has 0 radical (unpaired) electrons. The third-order valence-corrected chi connectivity index (χ3v) is 3.95. The topological polar surface area (TPSA) is 100 Å². The fraction of sp³-hybridized carbons (Fsp3) is 0.111. The fourth-order valence-corrected chi connectivity index (χ4v) is 2.55. The van der Waals surface area contributed by atoms with E-state index in [2.05, 4.69) is 15.0 Å². The maximum absolute atomic E-state index is 13.8. The van der Waals surface area contributed by atoms with E-state index >= 15 is 0 Å². The average Bonchev–Trinajstić information content (AvgIpc) is 2.68. The van der Waals surface area contributed by atoms with Crippen molar-refractivity contribution in [3.05, 3.63) is 64.3 Å². The summed E-state index contributed by atoms with van der Waals surface area (Å²) in [5.41, 5.74) is 6.19. The third-order valence-electron chi connectivity index (χ3n) is 3.43. The first-order valence-electron chi connectivity index (χ1n) is 7.92. The maximum atomic E-state index is 13.8. The fourth-order valence-electron chi connectivity index (χ4n) is 2.15. The van der Waals surface area contributed by atoms with E-state index in [1.54, 1.807) is 18.2 Å². The summed E-state index contributed by atoms with van der Waals surface area (Å²) in [6.45, 7) is -0.250. The molecule has 3 aromatic rings. The van der Waals surface area contributed by atoms with Crippen molar-refractivity contribution < 1.29 is 18.7 Å². The number of esters is 1. The van der Waals surface area contributed by atoms with Crippen molar-refractivity contribution in [3.8, 4) is 23.0 Å². The minimum atomic E-state index is -0.698. The van der Waals surface area contributed by atoms with Crippen LogP contribution in [-0.4, -0.2) is 27.5 Å². The first-order chi connectivity index (χ1) is 13.5. The molecule has 0 aliphatic heterocycles. The summed E-state index contributed by atoms with van der Waals surface area (Å²) in [6.07, 6.45) is 2.79. The number of nitrogens with zero attached hydrogens (tertiary/aromatic N) is 3. The number of nitrogens with two attached hydrogens (primary N) is 1. The number of pyridine rings is 1. The summed E-state index contributed by atoms with van der Waals surface area (Å²) in [6, 6.07) is 7.37. The van der Waals surface area contributed by atoms with Gasteiger partial charge in [-0.25, -0.2) is 19.3 Å². The van der Waals surface area contributed by atoms with Gasteiger partial charge in [-0.05, 0) is 24.3 Å². The molecule has 0 aliphatic rings. The van der Waals surface area contributed by atoms with Crippen LogP contribution in [0, 0.1) is 5.82 Å². The van der Waals surface area contributed by atoms with Crippen LogP contribution < -0.4 is 10.5 Å². The van der Waals surface area contributed by atoms with E-state index in [0.717, 1.165) is 6.07 Å². The zero-order valence-electron chi connectivity index (χ0n) is 14.6. The molecule has 0 amide bonds. The number of halogens is 4. The molecule has 2 aromatic heterocycles. The zero-order chi connectivity index (χ0) is 20.1. The SMILES string of the molecule is Cl.NCC(=O)OCc1ccnc(-c2ccc(Oc3ncc(Cl)cc3F)cc2Cl)n1. The highest BCUT2D eigenvalue weighted by Gasteiger charge is 2.12. The highest BCUT2D eigenvalue weighted by Crippen LogP contribution is 2.32. The van der Waals surface area contributed by atoms with Gasteiger partial charge in [0.15, 0.2) is 11.6 Å². The Balaban J connectivity index is 0.00000300. The number of carbonyl (C=O) groups is 1. The monoisotopic (exact) mass is 458 g/mol. The molecule has 2 N–H and O–H groups in total. The maximum Gasteiger partial charge on any atom is 0.320 e. The zero-order valence-corrected chi connectivity index (χ0v) is 17.0. The summed E-state index contributed by atoms with van der Waals surface area (Å²) in [7, 11) is 0. The molecule has 0 atom stereocenters. The lowest BCUT2D eigenvalue weighted by atomic mass is 10.2. The molecule has 0 aliphatic carbocycles. The van der Waals surface area contributed by atoms with E-state index in [0.29, 0.717) is 17.1 Å². The van der Waals surface area contributed by atoms with Crippen molar-refractivity contribution in [1.29, 1.82) is 0 Å². The Hall–Kier alpha value is -2.52. The quantitative estimate of drug-likeness (QED) is 0.551. The second kappa shape index (κ2) is 10.3. The van der Waals surface area contributed by atoms with Crippen LogP contribution in [0.15, 0.2) is 42.7 Å². The van der Waals surface area contributed by atoms with E-state index in [9.17, 15) is 9.18 Å². The van der Waals surface area contributed by atoms with Crippen LogP contribution in [0.25, 0.3) is 11.4 Å². The van der Waals surface area contributed by atoms with Crippen LogP contribution in [0.1, 0.15) is 5.69 Å². The van der Waals surface area contributed by atoms with Gasteiger partial charge < -0.3 is 15.2 Å². The number of ether oxygens (including phenoxy) is 2. The van der Waals surface area contributed by atoms with Crippen molar-refractivity contribution in [2.45, 2.75) is 6.61 Å². The lowest BCUT2D eigenvalue weighted by molar-refractivity contribution is -0.143. The molecular formula is C18H14Cl3FN4O3. The second-order valence-corrected chi connectivity index (χ2v) is 6.26. The lowest BCUT2D eigenvalue weighted by Gasteiger charge is -2.09. The molecule has 0 fully saturated rings. The number of aromatic nitrogens is 3. The Morgan fingerprint density at radius 2 is 1.97 bits per heavy atom. The van der Waals surface area contributed by atoms with E-state index in [4.69, 9.17) is 38.4 Å². The van der Waals surface area contributed by atoms with Gasteiger partial charge in [0.2, 0.25) is 0 Å². The summed E-state index contributed by atoms with van der Waals surface area (Å²) in [4.78, 5) is 23.4. The Kier molecular flexibility index (Phi) is 8.10. The van der Waals surface area contributed by atoms with Crippen LogP contribution >= 0.6 is 35.6 Å².